The van der Waals surface area contributed by atoms with Crippen molar-refractivity contribution >= 4 is 21.6 Å². The number of hydrogen-bond acceptors (Lipinski definition) is 6. The zero-order valence-electron chi connectivity index (χ0n) is 11.5. The molecule has 0 spiro atoms. The van der Waals surface area contributed by atoms with Crippen molar-refractivity contribution < 1.29 is 13.2 Å². The lowest BCUT2D eigenvalue weighted by molar-refractivity contribution is 0.0705. The Labute approximate surface area is 118 Å². The molecule has 1 amide bonds. The molecule has 1 saturated heterocycles. The Hall–Kier alpha value is -1.70. The Balaban J connectivity index is 2.11. The molecule has 2 heterocycles. The summed E-state index contributed by atoms with van der Waals surface area (Å²) in [7, 11) is -3.03. The number of anilines is 1. The molecule has 0 bridgehead atoms. The van der Waals surface area contributed by atoms with Crippen LogP contribution in [-0.2, 0) is 9.84 Å². The molecule has 110 valence electrons. The summed E-state index contributed by atoms with van der Waals surface area (Å²) in [6, 6.07) is 2.95. The second kappa shape index (κ2) is 5.74. The molecule has 20 heavy (non-hydrogen) atoms. The fourth-order valence-electron chi connectivity index (χ4n) is 2.17. The molecular weight excluding hydrogens is 280 g/mol. The minimum absolute atomic E-state index is 0.00163. The summed E-state index contributed by atoms with van der Waals surface area (Å²) in [5, 5.41) is 10.8. The van der Waals surface area contributed by atoms with E-state index in [1.807, 2.05) is 6.92 Å². The molecule has 8 heteroatoms. The zero-order chi connectivity index (χ0) is 14.8. The maximum Gasteiger partial charge on any atom is 0.274 e. The highest BCUT2D eigenvalue weighted by molar-refractivity contribution is 7.91. The van der Waals surface area contributed by atoms with E-state index in [-0.39, 0.29) is 35.7 Å². The minimum Gasteiger partial charge on any atom is -0.369 e. The number of amides is 1. The minimum atomic E-state index is -3.03. The van der Waals surface area contributed by atoms with Gasteiger partial charge in [0, 0.05) is 19.1 Å². The van der Waals surface area contributed by atoms with Gasteiger partial charge in [-0.1, -0.05) is 0 Å². The van der Waals surface area contributed by atoms with Gasteiger partial charge in [-0.05, 0) is 26.0 Å². The number of hydrogen-bond donors (Lipinski definition) is 1. The Morgan fingerprint density at radius 1 is 1.45 bits per heavy atom. The van der Waals surface area contributed by atoms with Crippen LogP contribution in [0.4, 0.5) is 5.82 Å². The van der Waals surface area contributed by atoms with Gasteiger partial charge in [-0.3, -0.25) is 4.79 Å². The lowest BCUT2D eigenvalue weighted by Gasteiger charge is -2.32. The van der Waals surface area contributed by atoms with Crippen molar-refractivity contribution in [2.45, 2.75) is 19.9 Å². The van der Waals surface area contributed by atoms with Crippen LogP contribution in [0.5, 0.6) is 0 Å². The van der Waals surface area contributed by atoms with E-state index < -0.39 is 9.84 Å². The largest absolute Gasteiger partial charge is 0.369 e. The van der Waals surface area contributed by atoms with Gasteiger partial charge >= 0.3 is 0 Å². The first kappa shape index (κ1) is 14.7. The molecule has 1 aliphatic heterocycles. The van der Waals surface area contributed by atoms with Crippen molar-refractivity contribution in [3.63, 3.8) is 0 Å². The third-order valence-corrected chi connectivity index (χ3v) is 4.97. The van der Waals surface area contributed by atoms with Crippen LogP contribution in [0.15, 0.2) is 12.1 Å². The van der Waals surface area contributed by atoms with Crippen LogP contribution < -0.4 is 5.32 Å². The monoisotopic (exact) mass is 298 g/mol. The van der Waals surface area contributed by atoms with Gasteiger partial charge in [0.15, 0.2) is 15.5 Å². The van der Waals surface area contributed by atoms with E-state index in [1.54, 1.807) is 19.1 Å². The lowest BCUT2D eigenvalue weighted by atomic mass is 10.2. The average molecular weight is 298 g/mol. The summed E-state index contributed by atoms with van der Waals surface area (Å²) in [6.45, 7) is 4.60. The molecule has 0 radical (unpaired) electrons. The molecule has 2 rings (SSSR count). The van der Waals surface area contributed by atoms with Crippen LogP contribution in [0.3, 0.4) is 0 Å². The second-order valence-corrected chi connectivity index (χ2v) is 7.02. The SMILES string of the molecule is CCNc1ccc(C(=O)N2CCS(=O)(=O)CC2C)nn1. The summed E-state index contributed by atoms with van der Waals surface area (Å²) >= 11 is 0. The molecular formula is C12H18N4O3S. The summed E-state index contributed by atoms with van der Waals surface area (Å²) in [4.78, 5) is 13.8. The van der Waals surface area contributed by atoms with Crippen molar-refractivity contribution in [3.8, 4) is 0 Å². The third kappa shape index (κ3) is 3.24. The van der Waals surface area contributed by atoms with Gasteiger partial charge in [0.2, 0.25) is 0 Å². The van der Waals surface area contributed by atoms with Gasteiger partial charge in [-0.2, -0.15) is 0 Å². The number of nitrogens with one attached hydrogen (secondary N) is 1. The van der Waals surface area contributed by atoms with Gasteiger partial charge in [-0.15, -0.1) is 10.2 Å². The molecule has 1 N–H and O–H groups in total. The smallest absolute Gasteiger partial charge is 0.274 e. The Bertz CT molecular complexity index is 585. The first-order valence-electron chi connectivity index (χ1n) is 6.52. The highest BCUT2D eigenvalue weighted by Crippen LogP contribution is 2.14. The normalized spacial score (nSPS) is 21.5. The molecule has 0 aliphatic carbocycles. The number of nitrogens with zero attached hydrogens (tertiary/aromatic N) is 3. The highest BCUT2D eigenvalue weighted by atomic mass is 32.2. The Morgan fingerprint density at radius 3 is 2.75 bits per heavy atom. The Kier molecular flexibility index (Phi) is 4.22. The van der Waals surface area contributed by atoms with Gasteiger partial charge in [0.25, 0.3) is 5.91 Å². The first-order valence-corrected chi connectivity index (χ1v) is 8.34. The van der Waals surface area contributed by atoms with E-state index in [4.69, 9.17) is 0 Å². The molecule has 1 unspecified atom stereocenters. The number of carbonyl (C=O) groups is 1. The standard InChI is InChI=1S/C12H18N4O3S/c1-3-13-11-5-4-10(14-15-11)12(17)16-6-7-20(18,19)8-9(16)2/h4-5,9H,3,6-8H2,1-2H3,(H,13,15). The predicted octanol–water partition coefficient (Wildman–Crippen LogP) is 0.167. The Morgan fingerprint density at radius 2 is 2.20 bits per heavy atom. The molecule has 1 aromatic rings. The lowest BCUT2D eigenvalue weighted by Crippen LogP contribution is -2.49. The number of sulfone groups is 1. The quantitative estimate of drug-likeness (QED) is 0.855. The fraction of sp³-hybridized carbons (Fsp3) is 0.583. The zero-order valence-corrected chi connectivity index (χ0v) is 12.4. The van der Waals surface area contributed by atoms with Crippen LogP contribution >= 0.6 is 0 Å². The van der Waals surface area contributed by atoms with Gasteiger partial charge in [0.1, 0.15) is 5.82 Å². The van der Waals surface area contributed by atoms with Crippen molar-refractivity contribution in [1.29, 1.82) is 0 Å². The average Bonchev–Trinajstić information content (AvgIpc) is 2.38. The summed E-state index contributed by atoms with van der Waals surface area (Å²) in [5.74, 6) is 0.342. The molecule has 1 fully saturated rings. The van der Waals surface area contributed by atoms with Gasteiger partial charge in [-0.25, -0.2) is 8.42 Å². The maximum atomic E-state index is 12.3. The van der Waals surface area contributed by atoms with Crippen LogP contribution in [0.25, 0.3) is 0 Å². The van der Waals surface area contributed by atoms with Crippen LogP contribution in [-0.4, -0.2) is 60.1 Å². The molecule has 0 aromatic carbocycles. The van der Waals surface area contributed by atoms with Crippen molar-refractivity contribution in [2.75, 3.05) is 29.9 Å². The van der Waals surface area contributed by atoms with Gasteiger partial charge < -0.3 is 10.2 Å². The fourth-order valence-corrected chi connectivity index (χ4v) is 3.73. The first-order chi connectivity index (χ1) is 9.43. The van der Waals surface area contributed by atoms with E-state index in [0.29, 0.717) is 5.82 Å². The summed E-state index contributed by atoms with van der Waals surface area (Å²) in [5.41, 5.74) is 0.234. The summed E-state index contributed by atoms with van der Waals surface area (Å²) < 4.78 is 23.0. The molecule has 1 atom stereocenters. The van der Waals surface area contributed by atoms with E-state index in [0.717, 1.165) is 6.54 Å². The highest BCUT2D eigenvalue weighted by Gasteiger charge is 2.32. The molecule has 1 aromatic heterocycles. The van der Waals surface area contributed by atoms with E-state index in [1.165, 1.54) is 4.90 Å². The summed E-state index contributed by atoms with van der Waals surface area (Å²) in [6.07, 6.45) is 0. The second-order valence-electron chi connectivity index (χ2n) is 4.80. The predicted molar refractivity (Wildman–Crippen MR) is 75.3 cm³/mol. The van der Waals surface area contributed by atoms with Crippen LogP contribution in [0.2, 0.25) is 0 Å². The van der Waals surface area contributed by atoms with Crippen LogP contribution in [0.1, 0.15) is 24.3 Å². The number of aromatic nitrogens is 2. The maximum absolute atomic E-state index is 12.3. The van der Waals surface area contributed by atoms with Crippen molar-refractivity contribution in [1.82, 2.24) is 15.1 Å². The topological polar surface area (TPSA) is 92.3 Å². The van der Waals surface area contributed by atoms with E-state index in [9.17, 15) is 13.2 Å². The van der Waals surface area contributed by atoms with Crippen molar-refractivity contribution in [2.24, 2.45) is 0 Å². The van der Waals surface area contributed by atoms with E-state index in [2.05, 4.69) is 15.5 Å². The van der Waals surface area contributed by atoms with E-state index >= 15 is 0 Å². The van der Waals surface area contributed by atoms with Crippen LogP contribution in [0, 0.1) is 0 Å². The third-order valence-electron chi connectivity index (χ3n) is 3.17. The molecule has 7 nitrogen and oxygen atoms in total. The molecule has 1 aliphatic rings. The van der Waals surface area contributed by atoms with Crippen molar-refractivity contribution in [3.05, 3.63) is 17.8 Å². The number of rotatable bonds is 3. The molecule has 0 saturated carbocycles. The number of carbonyl (C=O) groups excluding carboxylic acids is 1. The van der Waals surface area contributed by atoms with Gasteiger partial charge in [0.05, 0.1) is 11.5 Å².